The average Bonchev–Trinajstić information content (AvgIpc) is 2.71. The molecule has 2 unspecified atom stereocenters. The number of carboxylic acid groups (broad SMARTS) is 1. The summed E-state index contributed by atoms with van der Waals surface area (Å²) >= 11 is 1.56. The van der Waals surface area contributed by atoms with Gasteiger partial charge in [-0.3, -0.25) is 9.69 Å². The maximum absolute atomic E-state index is 11.4. The minimum absolute atomic E-state index is 0.450. The number of aliphatic carboxylic acids is 1. The fourth-order valence-corrected chi connectivity index (χ4v) is 3.08. The van der Waals surface area contributed by atoms with Gasteiger partial charge in [-0.05, 0) is 47.7 Å². The standard InChI is InChI=1S/C12H17NO2S/c1-9-3-2-5-13(7-9)11(12(14)15)10-4-6-16-8-10/h4,6,8-9,11H,2-3,5,7H2,1H3,(H,14,15). The van der Waals surface area contributed by atoms with E-state index in [0.29, 0.717) is 5.92 Å². The molecule has 0 aliphatic carbocycles. The fraction of sp³-hybridized carbons (Fsp3) is 0.583. The predicted molar refractivity (Wildman–Crippen MR) is 64.7 cm³/mol. The number of nitrogens with zero attached hydrogens (tertiary/aromatic N) is 1. The van der Waals surface area contributed by atoms with Gasteiger partial charge in [-0.15, -0.1) is 0 Å². The van der Waals surface area contributed by atoms with Gasteiger partial charge >= 0.3 is 5.97 Å². The second-order valence-corrected chi connectivity index (χ2v) is 5.32. The number of carbonyl (C=O) groups is 1. The van der Waals surface area contributed by atoms with Gasteiger partial charge in [0.05, 0.1) is 0 Å². The van der Waals surface area contributed by atoms with Crippen LogP contribution in [0.2, 0.25) is 0 Å². The molecule has 1 fully saturated rings. The Hall–Kier alpha value is -0.870. The number of thiophene rings is 1. The van der Waals surface area contributed by atoms with E-state index in [1.54, 1.807) is 11.3 Å². The third-order valence-electron chi connectivity index (χ3n) is 3.15. The van der Waals surface area contributed by atoms with Crippen LogP contribution in [0, 0.1) is 5.92 Å². The topological polar surface area (TPSA) is 40.5 Å². The van der Waals surface area contributed by atoms with E-state index in [1.165, 1.54) is 6.42 Å². The first-order chi connectivity index (χ1) is 7.68. The molecular formula is C12H17NO2S. The van der Waals surface area contributed by atoms with E-state index in [0.717, 1.165) is 25.1 Å². The molecule has 4 heteroatoms. The molecule has 16 heavy (non-hydrogen) atoms. The molecule has 1 aromatic heterocycles. The molecule has 0 bridgehead atoms. The summed E-state index contributed by atoms with van der Waals surface area (Å²) in [6, 6.07) is 1.47. The molecule has 1 saturated heterocycles. The number of hydrogen-bond acceptors (Lipinski definition) is 3. The number of piperidine rings is 1. The van der Waals surface area contributed by atoms with Crippen molar-refractivity contribution in [1.29, 1.82) is 0 Å². The molecule has 0 amide bonds. The molecule has 2 heterocycles. The second kappa shape index (κ2) is 4.97. The summed E-state index contributed by atoms with van der Waals surface area (Å²) in [5.74, 6) is -0.123. The van der Waals surface area contributed by atoms with Crippen LogP contribution in [-0.4, -0.2) is 29.1 Å². The van der Waals surface area contributed by atoms with Gasteiger partial charge in [0, 0.05) is 6.54 Å². The van der Waals surface area contributed by atoms with Crippen molar-refractivity contribution in [2.45, 2.75) is 25.8 Å². The van der Waals surface area contributed by atoms with Gasteiger partial charge in [-0.1, -0.05) is 6.92 Å². The van der Waals surface area contributed by atoms with Crippen LogP contribution in [0.5, 0.6) is 0 Å². The molecule has 1 N–H and O–H groups in total. The summed E-state index contributed by atoms with van der Waals surface area (Å²) in [5.41, 5.74) is 0.923. The molecule has 1 aliphatic heterocycles. The zero-order chi connectivity index (χ0) is 11.5. The van der Waals surface area contributed by atoms with Gasteiger partial charge in [0.25, 0.3) is 0 Å². The highest BCUT2D eigenvalue weighted by Gasteiger charge is 2.30. The highest BCUT2D eigenvalue weighted by molar-refractivity contribution is 7.08. The van der Waals surface area contributed by atoms with Crippen LogP contribution in [0.4, 0.5) is 0 Å². The number of carboxylic acids is 1. The third-order valence-corrected chi connectivity index (χ3v) is 3.85. The Kier molecular flexibility index (Phi) is 3.61. The van der Waals surface area contributed by atoms with E-state index >= 15 is 0 Å². The predicted octanol–water partition coefficient (Wildman–Crippen LogP) is 2.61. The van der Waals surface area contributed by atoms with Gasteiger partial charge in [0.2, 0.25) is 0 Å². The van der Waals surface area contributed by atoms with E-state index in [-0.39, 0.29) is 0 Å². The van der Waals surface area contributed by atoms with E-state index in [1.807, 2.05) is 16.8 Å². The lowest BCUT2D eigenvalue weighted by Crippen LogP contribution is -2.40. The molecule has 2 rings (SSSR count). The van der Waals surface area contributed by atoms with Crippen LogP contribution in [0.25, 0.3) is 0 Å². The van der Waals surface area contributed by atoms with Crippen LogP contribution in [-0.2, 0) is 4.79 Å². The summed E-state index contributed by atoms with van der Waals surface area (Å²) in [7, 11) is 0. The molecule has 3 nitrogen and oxygen atoms in total. The smallest absolute Gasteiger partial charge is 0.325 e. The monoisotopic (exact) mass is 239 g/mol. The van der Waals surface area contributed by atoms with E-state index < -0.39 is 12.0 Å². The first-order valence-corrected chi connectivity index (χ1v) is 6.61. The normalized spacial score (nSPS) is 24.2. The molecule has 2 atom stereocenters. The van der Waals surface area contributed by atoms with Crippen LogP contribution in [0.3, 0.4) is 0 Å². The molecule has 1 aromatic rings. The van der Waals surface area contributed by atoms with E-state index in [2.05, 4.69) is 11.8 Å². The number of likely N-dealkylation sites (tertiary alicyclic amines) is 1. The molecular weight excluding hydrogens is 222 g/mol. The first kappa shape index (κ1) is 11.6. The van der Waals surface area contributed by atoms with Gasteiger partial charge in [0.15, 0.2) is 0 Å². The van der Waals surface area contributed by atoms with E-state index in [9.17, 15) is 9.90 Å². The van der Waals surface area contributed by atoms with Gasteiger partial charge < -0.3 is 5.11 Å². The second-order valence-electron chi connectivity index (χ2n) is 4.54. The highest BCUT2D eigenvalue weighted by Crippen LogP contribution is 2.28. The Morgan fingerprint density at radius 2 is 2.50 bits per heavy atom. The molecule has 0 radical (unpaired) electrons. The van der Waals surface area contributed by atoms with Crippen molar-refractivity contribution in [3.8, 4) is 0 Å². The molecule has 1 aliphatic rings. The fourth-order valence-electron chi connectivity index (χ4n) is 2.40. The lowest BCUT2D eigenvalue weighted by atomic mass is 9.97. The summed E-state index contributed by atoms with van der Waals surface area (Å²) < 4.78 is 0. The van der Waals surface area contributed by atoms with Gasteiger partial charge in [-0.25, -0.2) is 0 Å². The minimum atomic E-state index is -0.729. The van der Waals surface area contributed by atoms with Crippen molar-refractivity contribution < 1.29 is 9.90 Å². The van der Waals surface area contributed by atoms with Gasteiger partial charge in [-0.2, -0.15) is 11.3 Å². The summed E-state index contributed by atoms with van der Waals surface area (Å²) in [4.78, 5) is 13.5. The largest absolute Gasteiger partial charge is 0.480 e. The maximum atomic E-state index is 11.4. The number of rotatable bonds is 3. The Balaban J connectivity index is 2.16. The van der Waals surface area contributed by atoms with Crippen molar-refractivity contribution in [2.75, 3.05) is 13.1 Å². The van der Waals surface area contributed by atoms with Crippen LogP contribution >= 0.6 is 11.3 Å². The van der Waals surface area contributed by atoms with Gasteiger partial charge in [0.1, 0.15) is 6.04 Å². The zero-order valence-corrected chi connectivity index (χ0v) is 10.2. The lowest BCUT2D eigenvalue weighted by molar-refractivity contribution is -0.144. The van der Waals surface area contributed by atoms with Crippen molar-refractivity contribution >= 4 is 17.3 Å². The Morgan fingerprint density at radius 3 is 3.06 bits per heavy atom. The van der Waals surface area contributed by atoms with E-state index in [4.69, 9.17) is 0 Å². The lowest BCUT2D eigenvalue weighted by Gasteiger charge is -2.34. The first-order valence-electron chi connectivity index (χ1n) is 5.67. The molecule has 0 aromatic carbocycles. The Morgan fingerprint density at radius 1 is 1.69 bits per heavy atom. The van der Waals surface area contributed by atoms with Crippen molar-refractivity contribution in [2.24, 2.45) is 5.92 Å². The van der Waals surface area contributed by atoms with Crippen LogP contribution in [0.15, 0.2) is 16.8 Å². The summed E-state index contributed by atoms with van der Waals surface area (Å²) in [6.07, 6.45) is 2.32. The molecule has 0 saturated carbocycles. The molecule has 0 spiro atoms. The third kappa shape index (κ3) is 2.44. The van der Waals surface area contributed by atoms with Crippen molar-refractivity contribution in [1.82, 2.24) is 4.90 Å². The van der Waals surface area contributed by atoms with Crippen LogP contribution in [0.1, 0.15) is 31.4 Å². The van der Waals surface area contributed by atoms with Crippen LogP contribution < -0.4 is 0 Å². The van der Waals surface area contributed by atoms with Crippen molar-refractivity contribution in [3.63, 3.8) is 0 Å². The summed E-state index contributed by atoms with van der Waals surface area (Å²) in [6.45, 7) is 3.99. The zero-order valence-electron chi connectivity index (χ0n) is 9.43. The quantitative estimate of drug-likeness (QED) is 0.881. The molecule has 88 valence electrons. The minimum Gasteiger partial charge on any atom is -0.480 e. The highest BCUT2D eigenvalue weighted by atomic mass is 32.1. The number of hydrogen-bond donors (Lipinski definition) is 1. The summed E-state index contributed by atoms with van der Waals surface area (Å²) in [5, 5.41) is 13.2. The Labute approximate surface area is 99.7 Å². The Bertz CT molecular complexity index is 350. The average molecular weight is 239 g/mol. The SMILES string of the molecule is CC1CCCN(C(C(=O)O)c2ccsc2)C1. The van der Waals surface area contributed by atoms with Crippen molar-refractivity contribution in [3.05, 3.63) is 22.4 Å². The maximum Gasteiger partial charge on any atom is 0.325 e.